The van der Waals surface area contributed by atoms with Crippen LogP contribution in [0.3, 0.4) is 0 Å². The van der Waals surface area contributed by atoms with Gasteiger partial charge in [0.25, 0.3) is 0 Å². The largest absolute Gasteiger partial charge is 0.421 e. The Morgan fingerprint density at radius 3 is 2.64 bits per heavy atom. The van der Waals surface area contributed by atoms with Gasteiger partial charge in [-0.2, -0.15) is 18.2 Å². The Hall–Kier alpha value is -1.86. The second kappa shape index (κ2) is 5.73. The van der Waals surface area contributed by atoms with Crippen LogP contribution < -0.4 is 5.06 Å². The van der Waals surface area contributed by atoms with E-state index < -0.39 is 11.7 Å². The molecular weight excluding hydrogens is 319 g/mol. The van der Waals surface area contributed by atoms with Gasteiger partial charge in [-0.05, 0) is 17.2 Å². The third-order valence-electron chi connectivity index (χ3n) is 3.34. The number of alkyl halides is 3. The third-order valence-corrected chi connectivity index (χ3v) is 3.52. The first-order chi connectivity index (χ1) is 10.5. The summed E-state index contributed by atoms with van der Waals surface area (Å²) in [5.74, 6) is -0.362. The number of nitrogens with zero attached hydrogens (tertiary/aromatic N) is 3. The summed E-state index contributed by atoms with van der Waals surface area (Å²) < 4.78 is 39.5. The van der Waals surface area contributed by atoms with E-state index in [0.717, 1.165) is 5.56 Å². The molecule has 4 nitrogen and oxygen atoms in total. The van der Waals surface area contributed by atoms with Crippen LogP contribution in [0.1, 0.15) is 23.6 Å². The van der Waals surface area contributed by atoms with Gasteiger partial charge in [-0.15, -0.1) is 0 Å². The summed E-state index contributed by atoms with van der Waals surface area (Å²) in [6.07, 6.45) is -3.36. The monoisotopic (exact) mass is 329 g/mol. The minimum Gasteiger partial charge on any atom is -0.271 e. The summed E-state index contributed by atoms with van der Waals surface area (Å²) in [7, 11) is 0. The van der Waals surface area contributed by atoms with Crippen molar-refractivity contribution >= 4 is 17.4 Å². The van der Waals surface area contributed by atoms with Crippen LogP contribution in [0.4, 0.5) is 19.0 Å². The fraction of sp³-hybridized carbons (Fsp3) is 0.286. The van der Waals surface area contributed by atoms with Gasteiger partial charge in [0.1, 0.15) is 5.56 Å². The predicted octanol–water partition coefficient (Wildman–Crippen LogP) is 4.03. The molecule has 0 bridgehead atoms. The lowest BCUT2D eigenvalue weighted by Crippen LogP contribution is -2.26. The fourth-order valence-electron chi connectivity index (χ4n) is 2.38. The van der Waals surface area contributed by atoms with E-state index in [-0.39, 0.29) is 17.1 Å². The topological polar surface area (TPSA) is 38.2 Å². The normalized spacial score (nSPS) is 18.7. The van der Waals surface area contributed by atoms with E-state index in [0.29, 0.717) is 19.2 Å². The lowest BCUT2D eigenvalue weighted by Gasteiger charge is -2.26. The molecule has 22 heavy (non-hydrogen) atoms. The zero-order chi connectivity index (χ0) is 15.7. The van der Waals surface area contributed by atoms with Crippen molar-refractivity contribution < 1.29 is 18.0 Å². The van der Waals surface area contributed by atoms with Crippen LogP contribution in [0.5, 0.6) is 0 Å². The number of hydrogen-bond acceptors (Lipinski definition) is 4. The van der Waals surface area contributed by atoms with Crippen molar-refractivity contribution in [2.24, 2.45) is 0 Å². The lowest BCUT2D eigenvalue weighted by molar-refractivity contribution is -0.138. The van der Waals surface area contributed by atoms with Gasteiger partial charge < -0.3 is 0 Å². The Morgan fingerprint density at radius 2 is 1.95 bits per heavy atom. The van der Waals surface area contributed by atoms with E-state index in [2.05, 4.69) is 9.97 Å². The quantitative estimate of drug-likeness (QED) is 0.780. The number of hydroxylamine groups is 1. The molecule has 0 unspecified atom stereocenters. The van der Waals surface area contributed by atoms with E-state index in [1.807, 2.05) is 30.3 Å². The van der Waals surface area contributed by atoms with Crippen molar-refractivity contribution in [3.05, 3.63) is 52.9 Å². The van der Waals surface area contributed by atoms with Crippen LogP contribution in [0, 0.1) is 0 Å². The zero-order valence-electron chi connectivity index (χ0n) is 11.2. The Labute approximate surface area is 129 Å². The number of aromatic nitrogens is 2. The van der Waals surface area contributed by atoms with Crippen molar-refractivity contribution in [1.82, 2.24) is 9.97 Å². The van der Waals surface area contributed by atoms with Crippen molar-refractivity contribution in [3.63, 3.8) is 0 Å². The molecule has 1 aliphatic rings. The van der Waals surface area contributed by atoms with Gasteiger partial charge in [0.15, 0.2) is 5.82 Å². The number of hydrogen-bond donors (Lipinski definition) is 0. The molecule has 1 atom stereocenters. The summed E-state index contributed by atoms with van der Waals surface area (Å²) in [4.78, 5) is 12.5. The number of rotatable bonds is 2. The van der Waals surface area contributed by atoms with Crippen LogP contribution in [-0.2, 0) is 11.0 Å². The summed E-state index contributed by atoms with van der Waals surface area (Å²) in [6, 6.07) is 8.80. The molecular formula is C14H11ClF3N3O. The second-order valence-corrected chi connectivity index (χ2v) is 5.09. The van der Waals surface area contributed by atoms with E-state index in [4.69, 9.17) is 16.4 Å². The maximum absolute atomic E-state index is 13.2. The van der Waals surface area contributed by atoms with Gasteiger partial charge in [-0.3, -0.25) is 4.84 Å². The van der Waals surface area contributed by atoms with E-state index >= 15 is 0 Å². The first-order valence-electron chi connectivity index (χ1n) is 6.53. The molecule has 3 rings (SSSR count). The van der Waals surface area contributed by atoms with Gasteiger partial charge in [0.05, 0.1) is 12.6 Å². The third kappa shape index (κ3) is 2.86. The SMILES string of the molecule is FC(F)(F)c1cnc(Cl)nc1N1OCC[C@H]1c1ccccc1. The Bertz CT molecular complexity index is 666. The van der Waals surface area contributed by atoms with Gasteiger partial charge in [0, 0.05) is 12.6 Å². The maximum Gasteiger partial charge on any atom is 0.421 e. The van der Waals surface area contributed by atoms with Crippen LogP contribution >= 0.6 is 11.6 Å². The molecule has 2 heterocycles. The van der Waals surface area contributed by atoms with Crippen molar-refractivity contribution in [3.8, 4) is 0 Å². The van der Waals surface area contributed by atoms with Gasteiger partial charge in [0.2, 0.25) is 5.28 Å². The molecule has 0 N–H and O–H groups in total. The molecule has 0 amide bonds. The molecule has 1 aliphatic heterocycles. The van der Waals surface area contributed by atoms with Crippen molar-refractivity contribution in [1.29, 1.82) is 0 Å². The molecule has 1 fully saturated rings. The van der Waals surface area contributed by atoms with Crippen molar-refractivity contribution in [2.45, 2.75) is 18.6 Å². The highest BCUT2D eigenvalue weighted by atomic mass is 35.5. The van der Waals surface area contributed by atoms with E-state index in [9.17, 15) is 13.2 Å². The molecule has 1 aromatic carbocycles. The summed E-state index contributed by atoms with van der Waals surface area (Å²) in [5.41, 5.74) is -0.123. The van der Waals surface area contributed by atoms with E-state index in [1.165, 1.54) is 5.06 Å². The second-order valence-electron chi connectivity index (χ2n) is 4.75. The smallest absolute Gasteiger partial charge is 0.271 e. The molecule has 1 aromatic heterocycles. The standard InChI is InChI=1S/C14H11ClF3N3O/c15-13-19-8-10(14(16,17)18)12(20-13)21-11(6-7-22-21)9-4-2-1-3-5-9/h1-5,8,11H,6-7H2/t11-/m0/s1. The fourth-order valence-corrected chi connectivity index (χ4v) is 2.50. The van der Waals surface area contributed by atoms with Gasteiger partial charge in [-0.25, -0.2) is 10.0 Å². The average molecular weight is 330 g/mol. The molecule has 2 aromatic rings. The number of anilines is 1. The molecule has 0 aliphatic carbocycles. The number of halogens is 4. The minimum atomic E-state index is -4.59. The molecule has 116 valence electrons. The summed E-state index contributed by atoms with van der Waals surface area (Å²) in [5, 5.41) is 0.913. The van der Waals surface area contributed by atoms with Crippen LogP contribution in [-0.4, -0.2) is 16.6 Å². The Balaban J connectivity index is 2.05. The first-order valence-corrected chi connectivity index (χ1v) is 6.91. The highest BCUT2D eigenvalue weighted by molar-refractivity contribution is 6.28. The highest BCUT2D eigenvalue weighted by Gasteiger charge is 2.40. The predicted molar refractivity (Wildman–Crippen MR) is 74.3 cm³/mol. The Kier molecular flexibility index (Phi) is 3.92. The summed E-state index contributed by atoms with van der Waals surface area (Å²) in [6.45, 7) is 0.304. The van der Waals surface area contributed by atoms with Crippen LogP contribution in [0.15, 0.2) is 36.5 Å². The van der Waals surface area contributed by atoms with Gasteiger partial charge >= 0.3 is 6.18 Å². The molecule has 8 heteroatoms. The maximum atomic E-state index is 13.2. The number of benzene rings is 1. The van der Waals surface area contributed by atoms with Crippen molar-refractivity contribution in [2.75, 3.05) is 11.7 Å². The minimum absolute atomic E-state index is 0.259. The molecule has 0 saturated carbocycles. The Morgan fingerprint density at radius 1 is 1.23 bits per heavy atom. The van der Waals surface area contributed by atoms with Crippen LogP contribution in [0.2, 0.25) is 5.28 Å². The first kappa shape index (κ1) is 15.1. The van der Waals surface area contributed by atoms with Gasteiger partial charge in [-0.1, -0.05) is 30.3 Å². The van der Waals surface area contributed by atoms with Crippen LogP contribution in [0.25, 0.3) is 0 Å². The summed E-state index contributed by atoms with van der Waals surface area (Å²) >= 11 is 5.67. The molecule has 0 spiro atoms. The lowest BCUT2D eigenvalue weighted by atomic mass is 10.0. The van der Waals surface area contributed by atoms with E-state index in [1.54, 1.807) is 0 Å². The molecule has 1 saturated heterocycles. The zero-order valence-corrected chi connectivity index (χ0v) is 12.0. The molecule has 0 radical (unpaired) electrons. The average Bonchev–Trinajstić information content (AvgIpc) is 2.96. The highest BCUT2D eigenvalue weighted by Crippen LogP contribution is 2.41.